The van der Waals surface area contributed by atoms with Gasteiger partial charge in [-0.05, 0) is 12.1 Å². The molecule has 146 valence electrons. The highest BCUT2D eigenvalue weighted by Gasteiger charge is 2.23. The molecule has 2 aliphatic rings. The summed E-state index contributed by atoms with van der Waals surface area (Å²) in [6.45, 7) is 3.55. The molecule has 2 aliphatic heterocycles. The molecule has 1 atom stereocenters. The van der Waals surface area contributed by atoms with E-state index in [1.807, 2.05) is 0 Å². The van der Waals surface area contributed by atoms with Gasteiger partial charge in [0.25, 0.3) is 0 Å². The Labute approximate surface area is 169 Å². The lowest BCUT2D eigenvalue weighted by molar-refractivity contribution is -0.0447. The van der Waals surface area contributed by atoms with Crippen LogP contribution in [0.1, 0.15) is 11.1 Å². The fourth-order valence-electron chi connectivity index (χ4n) is 3.09. The monoisotopic (exact) mass is 481 g/mol. The van der Waals surface area contributed by atoms with E-state index in [4.69, 9.17) is 18.9 Å². The second-order valence-electron chi connectivity index (χ2n) is 5.96. The molecule has 0 saturated carbocycles. The van der Waals surface area contributed by atoms with Gasteiger partial charge in [-0.15, -0.1) is 24.0 Å². The summed E-state index contributed by atoms with van der Waals surface area (Å²) in [5, 5.41) is 3.29. The summed E-state index contributed by atoms with van der Waals surface area (Å²) < 4.78 is 35.4. The van der Waals surface area contributed by atoms with Gasteiger partial charge in [0.1, 0.15) is 11.6 Å². The zero-order valence-electron chi connectivity index (χ0n) is 15.0. The normalized spacial score (nSPS) is 20.0. The molecule has 0 bridgehead atoms. The molecule has 26 heavy (non-hydrogen) atoms. The molecular formula is C17H25FIN3O4. The van der Waals surface area contributed by atoms with E-state index < -0.39 is 0 Å². The van der Waals surface area contributed by atoms with Crippen LogP contribution in [0.5, 0.6) is 5.75 Å². The lowest BCUT2D eigenvalue weighted by atomic mass is 10.1. The minimum atomic E-state index is -0.300. The van der Waals surface area contributed by atoms with E-state index in [1.54, 1.807) is 14.2 Å². The van der Waals surface area contributed by atoms with Crippen molar-refractivity contribution in [2.75, 3.05) is 47.3 Å². The van der Waals surface area contributed by atoms with E-state index in [0.717, 1.165) is 23.6 Å². The van der Waals surface area contributed by atoms with Crippen LogP contribution in [-0.4, -0.2) is 64.2 Å². The summed E-state index contributed by atoms with van der Waals surface area (Å²) >= 11 is 0. The van der Waals surface area contributed by atoms with Gasteiger partial charge in [-0.2, -0.15) is 0 Å². The number of aliphatic imine (C=N–C) groups is 1. The van der Waals surface area contributed by atoms with Gasteiger partial charge in [0.05, 0.1) is 25.9 Å². The molecule has 1 aromatic carbocycles. The Bertz CT molecular complexity index is 630. The number of methoxy groups -OCH3 is 1. The Morgan fingerprint density at radius 1 is 1.46 bits per heavy atom. The van der Waals surface area contributed by atoms with Gasteiger partial charge >= 0.3 is 0 Å². The number of ether oxygens (including phenoxy) is 4. The number of rotatable bonds is 4. The molecule has 1 saturated heterocycles. The van der Waals surface area contributed by atoms with Crippen LogP contribution in [0.15, 0.2) is 17.1 Å². The zero-order valence-corrected chi connectivity index (χ0v) is 17.3. The number of hydrogen-bond acceptors (Lipinski definition) is 5. The topological polar surface area (TPSA) is 64.6 Å². The molecule has 2 heterocycles. The number of fused-ring (bicyclic) bond motifs is 1. The largest absolute Gasteiger partial charge is 0.467 e. The molecule has 3 rings (SSSR count). The molecule has 0 radical (unpaired) electrons. The number of nitrogens with one attached hydrogen (secondary N) is 1. The van der Waals surface area contributed by atoms with Crippen LogP contribution in [0.25, 0.3) is 0 Å². The Balaban J connectivity index is 0.00000243. The van der Waals surface area contributed by atoms with Crippen molar-refractivity contribution in [1.82, 2.24) is 10.2 Å². The summed E-state index contributed by atoms with van der Waals surface area (Å²) in [5.41, 5.74) is 1.48. The second kappa shape index (κ2) is 10.2. The van der Waals surface area contributed by atoms with Crippen molar-refractivity contribution in [2.45, 2.75) is 19.3 Å². The maximum absolute atomic E-state index is 13.8. The van der Waals surface area contributed by atoms with Crippen LogP contribution in [0.2, 0.25) is 0 Å². The van der Waals surface area contributed by atoms with Crippen LogP contribution >= 0.6 is 24.0 Å². The molecule has 0 aliphatic carbocycles. The van der Waals surface area contributed by atoms with Gasteiger partial charge in [-0.1, -0.05) is 0 Å². The van der Waals surface area contributed by atoms with Crippen molar-refractivity contribution in [3.05, 3.63) is 29.1 Å². The SMILES string of the molecule is CN=C(NCc1cc(F)cc2c1OCOC2)N1CCOC(COC)C1.I. The molecule has 7 nitrogen and oxygen atoms in total. The fourth-order valence-corrected chi connectivity index (χ4v) is 3.09. The third-order valence-corrected chi connectivity index (χ3v) is 4.19. The average molecular weight is 481 g/mol. The summed E-state index contributed by atoms with van der Waals surface area (Å²) in [5.74, 6) is 1.13. The molecule has 0 amide bonds. The standard InChI is InChI=1S/C17H24FN3O4.HI/c1-19-17(21-3-4-24-15(8-21)10-22-2)20-7-12-5-14(18)6-13-9-23-11-25-16(12)13;/h5-6,15H,3-4,7-11H2,1-2H3,(H,19,20);1H. The Morgan fingerprint density at radius 3 is 3.08 bits per heavy atom. The predicted octanol–water partition coefficient (Wildman–Crippen LogP) is 1.73. The molecule has 1 unspecified atom stereocenters. The third kappa shape index (κ3) is 5.18. The van der Waals surface area contributed by atoms with Crippen molar-refractivity contribution in [2.24, 2.45) is 4.99 Å². The van der Waals surface area contributed by atoms with Crippen molar-refractivity contribution in [1.29, 1.82) is 0 Å². The minimum absolute atomic E-state index is 0. The Morgan fingerprint density at radius 2 is 2.31 bits per heavy atom. The Kier molecular flexibility index (Phi) is 8.32. The summed E-state index contributed by atoms with van der Waals surface area (Å²) in [6, 6.07) is 2.93. The van der Waals surface area contributed by atoms with Crippen molar-refractivity contribution >= 4 is 29.9 Å². The van der Waals surface area contributed by atoms with Gasteiger partial charge in [-0.25, -0.2) is 4.39 Å². The van der Waals surface area contributed by atoms with E-state index in [2.05, 4.69) is 15.2 Å². The predicted molar refractivity (Wildman–Crippen MR) is 105 cm³/mol. The first-order valence-electron chi connectivity index (χ1n) is 8.29. The molecule has 0 spiro atoms. The number of nitrogens with zero attached hydrogens (tertiary/aromatic N) is 2. The second-order valence-corrected chi connectivity index (χ2v) is 5.96. The van der Waals surface area contributed by atoms with E-state index in [0.29, 0.717) is 38.7 Å². The molecular weight excluding hydrogens is 456 g/mol. The number of morpholine rings is 1. The van der Waals surface area contributed by atoms with Crippen molar-refractivity contribution in [3.8, 4) is 5.75 Å². The lowest BCUT2D eigenvalue weighted by Gasteiger charge is -2.35. The van der Waals surface area contributed by atoms with E-state index in [9.17, 15) is 4.39 Å². The first kappa shape index (κ1) is 21.1. The zero-order chi connectivity index (χ0) is 17.6. The summed E-state index contributed by atoms with van der Waals surface area (Å²) in [6.07, 6.45) is 0.0136. The highest BCUT2D eigenvalue weighted by Crippen LogP contribution is 2.29. The average Bonchev–Trinajstić information content (AvgIpc) is 2.62. The molecule has 1 fully saturated rings. The fraction of sp³-hybridized carbons (Fsp3) is 0.588. The molecule has 9 heteroatoms. The first-order chi connectivity index (χ1) is 12.2. The van der Waals surface area contributed by atoms with Crippen LogP contribution in [0.3, 0.4) is 0 Å². The van der Waals surface area contributed by atoms with E-state index >= 15 is 0 Å². The highest BCUT2D eigenvalue weighted by atomic mass is 127. The highest BCUT2D eigenvalue weighted by molar-refractivity contribution is 14.0. The van der Waals surface area contributed by atoms with Crippen LogP contribution < -0.4 is 10.1 Å². The number of hydrogen-bond donors (Lipinski definition) is 1. The maximum Gasteiger partial charge on any atom is 0.194 e. The number of benzene rings is 1. The molecule has 1 aromatic rings. The Hall–Kier alpha value is -1.17. The van der Waals surface area contributed by atoms with Crippen molar-refractivity contribution < 1.29 is 23.3 Å². The molecule has 1 N–H and O–H groups in total. The van der Waals surface area contributed by atoms with Crippen LogP contribution in [0, 0.1) is 5.82 Å². The lowest BCUT2D eigenvalue weighted by Crippen LogP contribution is -2.51. The minimum Gasteiger partial charge on any atom is -0.467 e. The summed E-state index contributed by atoms with van der Waals surface area (Å²) in [4.78, 5) is 6.45. The number of halogens is 2. The summed E-state index contributed by atoms with van der Waals surface area (Å²) in [7, 11) is 3.39. The maximum atomic E-state index is 13.8. The van der Waals surface area contributed by atoms with Gasteiger partial charge in [-0.3, -0.25) is 4.99 Å². The number of guanidine groups is 1. The van der Waals surface area contributed by atoms with E-state index in [-0.39, 0.29) is 42.7 Å². The van der Waals surface area contributed by atoms with Gasteiger partial charge in [0.15, 0.2) is 12.8 Å². The first-order valence-corrected chi connectivity index (χ1v) is 8.29. The van der Waals surface area contributed by atoms with Crippen LogP contribution in [0.4, 0.5) is 4.39 Å². The smallest absolute Gasteiger partial charge is 0.194 e. The van der Waals surface area contributed by atoms with Gasteiger partial charge in [0.2, 0.25) is 0 Å². The third-order valence-electron chi connectivity index (χ3n) is 4.19. The van der Waals surface area contributed by atoms with Crippen LogP contribution in [-0.2, 0) is 27.4 Å². The van der Waals surface area contributed by atoms with Crippen molar-refractivity contribution in [3.63, 3.8) is 0 Å². The van der Waals surface area contributed by atoms with Gasteiger partial charge in [0, 0.05) is 44.9 Å². The molecule has 0 aromatic heterocycles. The van der Waals surface area contributed by atoms with E-state index in [1.165, 1.54) is 12.1 Å². The van der Waals surface area contributed by atoms with Gasteiger partial charge < -0.3 is 29.2 Å². The quantitative estimate of drug-likeness (QED) is 0.402.